The molecule has 0 saturated heterocycles. The smallest absolute Gasteiger partial charge is 0.220 e. The average molecular weight is 224 g/mol. The van der Waals surface area contributed by atoms with Crippen molar-refractivity contribution >= 4 is 12.2 Å². The van der Waals surface area contributed by atoms with Crippen molar-refractivity contribution in [3.63, 3.8) is 0 Å². The van der Waals surface area contributed by atoms with E-state index < -0.39 is 0 Å². The highest BCUT2D eigenvalue weighted by atomic mass is 16.3. The summed E-state index contributed by atoms with van der Waals surface area (Å²) < 4.78 is 0. The Morgan fingerprint density at radius 3 is 2.24 bits per heavy atom. The van der Waals surface area contributed by atoms with Crippen LogP contribution in [0.2, 0.25) is 0 Å². The van der Waals surface area contributed by atoms with E-state index in [1.165, 1.54) is 12.1 Å². The molecule has 2 aromatic carbocycles. The summed E-state index contributed by atoms with van der Waals surface area (Å²) in [6.07, 6.45) is 3.77. The second kappa shape index (κ2) is 5.12. The maximum absolute atomic E-state index is 11.4. The van der Waals surface area contributed by atoms with Gasteiger partial charge in [0.15, 0.2) is 5.75 Å². The summed E-state index contributed by atoms with van der Waals surface area (Å²) in [6.45, 7) is 0. The van der Waals surface area contributed by atoms with Crippen molar-refractivity contribution in [1.29, 1.82) is 0 Å². The van der Waals surface area contributed by atoms with Gasteiger partial charge in [0.05, 0.1) is 0 Å². The Morgan fingerprint density at radius 2 is 1.47 bits per heavy atom. The Kier molecular flexibility index (Phi) is 3.36. The first-order chi connectivity index (χ1) is 8.25. The molecular weight excluding hydrogens is 212 g/mol. The van der Waals surface area contributed by atoms with Crippen LogP contribution in [-0.2, 0) is 0 Å². The van der Waals surface area contributed by atoms with Crippen molar-refractivity contribution in [2.75, 3.05) is 0 Å². The topological polar surface area (TPSA) is 37.3 Å². The van der Waals surface area contributed by atoms with Gasteiger partial charge >= 0.3 is 0 Å². The number of benzene rings is 1. The zero-order chi connectivity index (χ0) is 12.1. The van der Waals surface area contributed by atoms with Crippen LogP contribution in [0.25, 0.3) is 12.2 Å². The fourth-order valence-corrected chi connectivity index (χ4v) is 1.47. The summed E-state index contributed by atoms with van der Waals surface area (Å²) in [5.41, 5.74) is 1.46. The van der Waals surface area contributed by atoms with Gasteiger partial charge in [0, 0.05) is 0 Å². The van der Waals surface area contributed by atoms with Crippen molar-refractivity contribution in [2.45, 2.75) is 0 Å². The molecule has 0 saturated carbocycles. The van der Waals surface area contributed by atoms with Crippen molar-refractivity contribution in [3.05, 3.63) is 75.9 Å². The monoisotopic (exact) mass is 224 g/mol. The van der Waals surface area contributed by atoms with Gasteiger partial charge in [-0.1, -0.05) is 54.6 Å². The van der Waals surface area contributed by atoms with Crippen LogP contribution < -0.4 is 5.43 Å². The number of hydrogen-bond acceptors (Lipinski definition) is 2. The van der Waals surface area contributed by atoms with Gasteiger partial charge in [0.1, 0.15) is 0 Å². The SMILES string of the molecule is O=c1cc(C=Cc2ccccc2)cccc1O. The lowest BCUT2D eigenvalue weighted by atomic mass is 10.2. The molecule has 0 aliphatic carbocycles. The summed E-state index contributed by atoms with van der Waals surface area (Å²) >= 11 is 0. The second-order valence-corrected chi connectivity index (χ2v) is 3.66. The van der Waals surface area contributed by atoms with E-state index in [0.29, 0.717) is 0 Å². The normalized spacial score (nSPS) is 10.6. The minimum atomic E-state index is -0.372. The van der Waals surface area contributed by atoms with E-state index in [9.17, 15) is 9.90 Å². The Morgan fingerprint density at radius 1 is 0.824 bits per heavy atom. The van der Waals surface area contributed by atoms with E-state index in [2.05, 4.69) is 0 Å². The molecule has 0 unspecified atom stereocenters. The van der Waals surface area contributed by atoms with Crippen LogP contribution in [0.1, 0.15) is 11.1 Å². The summed E-state index contributed by atoms with van der Waals surface area (Å²) in [7, 11) is 0. The van der Waals surface area contributed by atoms with E-state index in [4.69, 9.17) is 0 Å². The molecule has 0 heterocycles. The lowest BCUT2D eigenvalue weighted by molar-refractivity contribution is 0.471. The van der Waals surface area contributed by atoms with Gasteiger partial charge in [-0.3, -0.25) is 4.79 Å². The van der Waals surface area contributed by atoms with E-state index >= 15 is 0 Å². The van der Waals surface area contributed by atoms with Crippen molar-refractivity contribution < 1.29 is 5.11 Å². The van der Waals surface area contributed by atoms with E-state index in [1.54, 1.807) is 12.1 Å². The molecule has 0 aromatic heterocycles. The molecule has 0 bridgehead atoms. The second-order valence-electron chi connectivity index (χ2n) is 3.66. The largest absolute Gasteiger partial charge is 0.504 e. The summed E-state index contributed by atoms with van der Waals surface area (Å²) in [4.78, 5) is 11.4. The van der Waals surface area contributed by atoms with Gasteiger partial charge in [-0.2, -0.15) is 0 Å². The lowest BCUT2D eigenvalue weighted by Gasteiger charge is -1.90. The van der Waals surface area contributed by atoms with E-state index in [1.807, 2.05) is 42.5 Å². The molecule has 2 heteroatoms. The Bertz CT molecular complexity index is 586. The molecule has 0 radical (unpaired) electrons. The zero-order valence-electron chi connectivity index (χ0n) is 9.21. The molecule has 0 aliphatic rings. The average Bonchev–Trinajstić information content (AvgIpc) is 2.51. The predicted octanol–water partition coefficient (Wildman–Crippen LogP) is 2.92. The van der Waals surface area contributed by atoms with Crippen LogP contribution in [0.3, 0.4) is 0 Å². The first kappa shape index (κ1) is 11.1. The Hall–Kier alpha value is -2.35. The molecule has 2 nitrogen and oxygen atoms in total. The van der Waals surface area contributed by atoms with Crippen molar-refractivity contribution in [3.8, 4) is 5.75 Å². The molecular formula is C15H12O2. The molecule has 0 fully saturated rings. The van der Waals surface area contributed by atoms with Crippen LogP contribution in [0, 0.1) is 0 Å². The first-order valence-corrected chi connectivity index (χ1v) is 5.32. The number of hydrogen-bond donors (Lipinski definition) is 1. The van der Waals surface area contributed by atoms with Gasteiger partial charge in [-0.05, 0) is 23.3 Å². The Labute approximate surface area is 99.5 Å². The third kappa shape index (κ3) is 3.05. The fraction of sp³-hybridized carbons (Fsp3) is 0. The molecule has 2 rings (SSSR count). The minimum Gasteiger partial charge on any atom is -0.504 e. The number of rotatable bonds is 2. The van der Waals surface area contributed by atoms with E-state index in [0.717, 1.165) is 11.1 Å². The molecule has 1 N–H and O–H groups in total. The quantitative estimate of drug-likeness (QED) is 0.851. The molecule has 84 valence electrons. The highest BCUT2D eigenvalue weighted by molar-refractivity contribution is 5.69. The first-order valence-electron chi connectivity index (χ1n) is 5.32. The van der Waals surface area contributed by atoms with Gasteiger partial charge < -0.3 is 5.11 Å². The summed E-state index contributed by atoms with van der Waals surface area (Å²) in [5.74, 6) is -0.232. The summed E-state index contributed by atoms with van der Waals surface area (Å²) in [6, 6.07) is 16.1. The highest BCUT2D eigenvalue weighted by Gasteiger charge is 1.93. The number of aromatic hydroxyl groups is 1. The molecule has 0 amide bonds. The fourth-order valence-electron chi connectivity index (χ4n) is 1.47. The maximum Gasteiger partial charge on any atom is 0.220 e. The zero-order valence-corrected chi connectivity index (χ0v) is 9.21. The third-order valence-corrected chi connectivity index (χ3v) is 2.36. The van der Waals surface area contributed by atoms with Crippen LogP contribution >= 0.6 is 0 Å². The van der Waals surface area contributed by atoms with Crippen molar-refractivity contribution in [1.82, 2.24) is 0 Å². The maximum atomic E-state index is 11.4. The van der Waals surface area contributed by atoms with Crippen LogP contribution in [0.5, 0.6) is 5.75 Å². The minimum absolute atomic E-state index is 0.232. The molecule has 0 aliphatic heterocycles. The van der Waals surface area contributed by atoms with Gasteiger partial charge in [0.25, 0.3) is 0 Å². The molecule has 2 aromatic rings. The predicted molar refractivity (Wildman–Crippen MR) is 69.7 cm³/mol. The Balaban J connectivity index is 2.32. The van der Waals surface area contributed by atoms with Crippen LogP contribution in [0.15, 0.2) is 59.4 Å². The highest BCUT2D eigenvalue weighted by Crippen LogP contribution is 2.07. The molecule has 17 heavy (non-hydrogen) atoms. The summed E-state index contributed by atoms with van der Waals surface area (Å²) in [5, 5.41) is 9.25. The van der Waals surface area contributed by atoms with Gasteiger partial charge in [-0.25, -0.2) is 0 Å². The van der Waals surface area contributed by atoms with Crippen molar-refractivity contribution in [2.24, 2.45) is 0 Å². The lowest BCUT2D eigenvalue weighted by Crippen LogP contribution is -1.93. The third-order valence-electron chi connectivity index (χ3n) is 2.36. The van der Waals surface area contributed by atoms with Crippen LogP contribution in [0.4, 0.5) is 0 Å². The van der Waals surface area contributed by atoms with Crippen LogP contribution in [-0.4, -0.2) is 5.11 Å². The van der Waals surface area contributed by atoms with Gasteiger partial charge in [0.2, 0.25) is 5.43 Å². The molecule has 0 spiro atoms. The van der Waals surface area contributed by atoms with E-state index in [-0.39, 0.29) is 11.2 Å². The standard InChI is InChI=1S/C15H12O2/c16-14-8-4-7-13(11-15(14)17)10-9-12-5-2-1-3-6-12/h1-11H,(H,16,17). The molecule has 0 atom stereocenters. The van der Waals surface area contributed by atoms with Gasteiger partial charge in [-0.15, -0.1) is 0 Å².